The average molecular weight is 631 g/mol. The Kier molecular flexibility index (Phi) is 6.84. The van der Waals surface area contributed by atoms with Crippen LogP contribution < -0.4 is 0 Å². The molecule has 0 atom stereocenters. The Bertz CT molecular complexity index is 1830. The van der Waals surface area contributed by atoms with Gasteiger partial charge in [-0.25, -0.2) is 0 Å². The molecule has 0 aliphatic heterocycles. The normalized spacial score (nSPS) is 12.9. The van der Waals surface area contributed by atoms with Crippen LogP contribution in [0.2, 0.25) is 0 Å². The lowest BCUT2D eigenvalue weighted by molar-refractivity contribution is -0.138. The predicted molar refractivity (Wildman–Crippen MR) is 128 cm³/mol. The average Bonchev–Trinajstić information content (AvgIpc) is 3.64. The molecule has 0 fully saturated rings. The number of nitrogens with zero attached hydrogens (tertiary/aromatic N) is 8. The van der Waals surface area contributed by atoms with Crippen LogP contribution >= 0.6 is 0 Å². The molecule has 0 radical (unpaired) electrons. The van der Waals surface area contributed by atoms with Gasteiger partial charge in [0, 0.05) is 11.1 Å². The van der Waals surface area contributed by atoms with Crippen molar-refractivity contribution in [1.82, 2.24) is 39.2 Å². The van der Waals surface area contributed by atoms with Crippen molar-refractivity contribution in [3.8, 4) is 22.8 Å². The minimum atomic E-state index is -4.68. The zero-order valence-corrected chi connectivity index (χ0v) is 21.9. The van der Waals surface area contributed by atoms with E-state index in [9.17, 15) is 43.2 Å². The van der Waals surface area contributed by atoms with Crippen molar-refractivity contribution in [2.75, 3.05) is 0 Å². The maximum absolute atomic E-state index is 13.0. The van der Waals surface area contributed by atoms with Crippen molar-refractivity contribution in [3.05, 3.63) is 83.9 Å². The van der Waals surface area contributed by atoms with Gasteiger partial charge >= 0.3 is 12.4 Å². The second-order valence-corrected chi connectivity index (χ2v) is 11.9. The molecular formula is C22H12F6N8O4S2. The van der Waals surface area contributed by atoms with Gasteiger partial charge in [-0.1, -0.05) is 24.3 Å². The smallest absolute Gasteiger partial charge is 0.199 e. The summed E-state index contributed by atoms with van der Waals surface area (Å²) in [6.07, 6.45) is -9.36. The van der Waals surface area contributed by atoms with Gasteiger partial charge in [-0.2, -0.15) is 43.2 Å². The molecule has 0 spiro atoms. The lowest BCUT2D eigenvalue weighted by Gasteiger charge is -2.10. The molecule has 0 saturated heterocycles. The summed E-state index contributed by atoms with van der Waals surface area (Å²) in [5, 5.41) is 20.9. The van der Waals surface area contributed by atoms with Crippen LogP contribution in [0, 0.1) is 0 Å². The number of halogens is 6. The van der Waals surface area contributed by atoms with E-state index in [0.717, 1.165) is 24.3 Å². The van der Waals surface area contributed by atoms with Crippen LogP contribution in [-0.4, -0.2) is 56.1 Å². The van der Waals surface area contributed by atoms with E-state index in [1.165, 1.54) is 24.3 Å². The number of tetrazole rings is 2. The zero-order valence-electron chi connectivity index (χ0n) is 20.2. The molecule has 12 nitrogen and oxygen atoms in total. The van der Waals surface area contributed by atoms with Gasteiger partial charge in [-0.3, -0.25) is 0 Å². The van der Waals surface area contributed by atoms with Gasteiger partial charge in [0.25, 0.3) is 20.0 Å². The molecule has 0 aliphatic carbocycles. The molecule has 218 valence electrons. The largest absolute Gasteiger partial charge is 0.416 e. The van der Waals surface area contributed by atoms with Crippen LogP contribution in [0.25, 0.3) is 22.8 Å². The Labute approximate surface area is 231 Å². The van der Waals surface area contributed by atoms with Gasteiger partial charge in [-0.15, -0.1) is 18.4 Å². The Balaban J connectivity index is 1.45. The second kappa shape index (κ2) is 9.98. The summed E-state index contributed by atoms with van der Waals surface area (Å²) in [7, 11) is -9.06. The highest BCUT2D eigenvalue weighted by Crippen LogP contribution is 2.32. The van der Waals surface area contributed by atoms with Crippen molar-refractivity contribution >= 4 is 20.0 Å². The molecule has 0 unspecified atom stereocenters. The second-order valence-electron chi connectivity index (χ2n) is 8.32. The molecule has 5 rings (SSSR count). The lowest BCUT2D eigenvalue weighted by atomic mass is 10.1. The third-order valence-corrected chi connectivity index (χ3v) is 8.84. The molecule has 0 bridgehead atoms. The highest BCUT2D eigenvalue weighted by Gasteiger charge is 2.33. The van der Waals surface area contributed by atoms with Crippen LogP contribution in [0.4, 0.5) is 26.3 Å². The first kappa shape index (κ1) is 28.8. The van der Waals surface area contributed by atoms with E-state index in [4.69, 9.17) is 0 Å². The summed E-state index contributed by atoms with van der Waals surface area (Å²) < 4.78 is 130. The SMILES string of the molecule is O=S(=O)(c1ccc(C(F)(F)F)cc1)n1nnnc1-c1ccc(-c2nnnn2S(=O)(=O)c2ccc(C(F)(F)F)cc2)cc1. The fourth-order valence-electron chi connectivity index (χ4n) is 3.62. The van der Waals surface area contributed by atoms with E-state index in [2.05, 4.69) is 31.1 Å². The molecule has 2 heterocycles. The molecule has 20 heteroatoms. The molecule has 2 aromatic heterocycles. The van der Waals surface area contributed by atoms with E-state index in [1.807, 2.05) is 0 Å². The van der Waals surface area contributed by atoms with Gasteiger partial charge in [0.15, 0.2) is 11.6 Å². The van der Waals surface area contributed by atoms with Crippen LogP contribution in [0.3, 0.4) is 0 Å². The van der Waals surface area contributed by atoms with Crippen molar-refractivity contribution in [1.29, 1.82) is 0 Å². The van der Waals surface area contributed by atoms with Gasteiger partial charge in [0.05, 0.1) is 20.9 Å². The standard InChI is InChI=1S/C22H12F6N8O4S2/c23-21(24,25)15-5-9-17(10-6-15)41(37,38)35-19(29-31-33-35)13-1-2-14(4-3-13)20-30-32-34-36(20)42(39,40)18-11-7-16(8-12-18)22(26,27)28/h1-12H. The fraction of sp³-hybridized carbons (Fsp3) is 0.0909. The third-order valence-electron chi connectivity index (χ3n) is 5.70. The molecule has 0 amide bonds. The zero-order chi connectivity index (χ0) is 30.5. The van der Waals surface area contributed by atoms with Gasteiger partial charge in [0.2, 0.25) is 0 Å². The van der Waals surface area contributed by atoms with Gasteiger partial charge in [0.1, 0.15) is 0 Å². The number of benzene rings is 3. The van der Waals surface area contributed by atoms with Crippen molar-refractivity contribution < 1.29 is 43.2 Å². The van der Waals surface area contributed by atoms with Crippen molar-refractivity contribution in [3.63, 3.8) is 0 Å². The lowest BCUT2D eigenvalue weighted by Crippen LogP contribution is -2.17. The molecule has 5 aromatic rings. The van der Waals surface area contributed by atoms with Crippen LogP contribution in [0.15, 0.2) is 82.6 Å². The summed E-state index contributed by atoms with van der Waals surface area (Å²) in [4.78, 5) is -1.04. The van der Waals surface area contributed by atoms with Crippen LogP contribution in [-0.2, 0) is 32.4 Å². The highest BCUT2D eigenvalue weighted by molar-refractivity contribution is 7.90. The topological polar surface area (TPSA) is 155 Å². The number of hydrogen-bond donors (Lipinski definition) is 0. The summed E-state index contributed by atoms with van der Waals surface area (Å²) in [6.45, 7) is 0. The highest BCUT2D eigenvalue weighted by atomic mass is 32.2. The number of alkyl halides is 6. The molecule has 42 heavy (non-hydrogen) atoms. The first-order chi connectivity index (χ1) is 19.6. The van der Waals surface area contributed by atoms with E-state index in [0.29, 0.717) is 32.4 Å². The quantitative estimate of drug-likeness (QED) is 0.255. The summed E-state index contributed by atoms with van der Waals surface area (Å²) >= 11 is 0. The first-order valence-electron chi connectivity index (χ1n) is 11.1. The van der Waals surface area contributed by atoms with E-state index in [1.54, 1.807) is 0 Å². The number of aromatic nitrogens is 8. The molecule has 0 N–H and O–H groups in total. The minimum Gasteiger partial charge on any atom is -0.199 e. The molecule has 3 aromatic carbocycles. The maximum Gasteiger partial charge on any atom is 0.416 e. The molecule has 0 aliphatic rings. The van der Waals surface area contributed by atoms with Crippen molar-refractivity contribution in [2.45, 2.75) is 22.1 Å². The number of hydrogen-bond acceptors (Lipinski definition) is 10. The monoisotopic (exact) mass is 630 g/mol. The summed E-state index contributed by atoms with van der Waals surface area (Å²) in [6, 6.07) is 10.6. The Hall–Kier alpha value is -4.72. The first-order valence-corrected chi connectivity index (χ1v) is 14.0. The molecule has 0 saturated carbocycles. The third kappa shape index (κ3) is 5.20. The van der Waals surface area contributed by atoms with Gasteiger partial charge in [-0.05, 0) is 69.4 Å². The van der Waals surface area contributed by atoms with E-state index in [-0.39, 0.29) is 22.8 Å². The maximum atomic E-state index is 13.0. The summed E-state index contributed by atoms with van der Waals surface area (Å²) in [5.41, 5.74) is -1.92. The van der Waals surface area contributed by atoms with E-state index >= 15 is 0 Å². The van der Waals surface area contributed by atoms with Crippen molar-refractivity contribution in [2.24, 2.45) is 0 Å². The minimum absolute atomic E-state index is 0.101. The van der Waals surface area contributed by atoms with E-state index < -0.39 is 53.3 Å². The fourth-order valence-corrected chi connectivity index (χ4v) is 5.97. The Morgan fingerprint density at radius 1 is 0.500 bits per heavy atom. The Morgan fingerprint density at radius 3 is 1.10 bits per heavy atom. The number of rotatable bonds is 6. The predicted octanol–water partition coefficient (Wildman–Crippen LogP) is 3.51. The molecular weight excluding hydrogens is 618 g/mol. The van der Waals surface area contributed by atoms with Gasteiger partial charge < -0.3 is 0 Å². The Morgan fingerprint density at radius 2 is 0.810 bits per heavy atom. The van der Waals surface area contributed by atoms with Crippen LogP contribution in [0.5, 0.6) is 0 Å². The summed E-state index contributed by atoms with van der Waals surface area (Å²) in [5.74, 6) is -0.642. The van der Waals surface area contributed by atoms with Crippen LogP contribution in [0.1, 0.15) is 11.1 Å².